The largest absolute Gasteiger partial charge is 0.493 e. The summed E-state index contributed by atoms with van der Waals surface area (Å²) < 4.78 is 11.3. The number of amides is 1. The minimum absolute atomic E-state index is 0.00312. The van der Waals surface area contributed by atoms with Crippen LogP contribution in [0.3, 0.4) is 0 Å². The lowest BCUT2D eigenvalue weighted by Crippen LogP contribution is -2.38. The standard InChI is InChI=1S/C18H20N2O3/c1-11(2)23-16-13(8-6-10-15(16)22-3)17-19-14-9-5-4-7-12(14)18(21)20-17/h4-11,17,19H,1-3H3,(H,20,21). The fourth-order valence-corrected chi connectivity index (χ4v) is 2.65. The quantitative estimate of drug-likeness (QED) is 0.909. The fourth-order valence-electron chi connectivity index (χ4n) is 2.65. The van der Waals surface area contributed by atoms with Gasteiger partial charge in [-0.2, -0.15) is 0 Å². The Morgan fingerprint density at radius 2 is 1.83 bits per heavy atom. The van der Waals surface area contributed by atoms with Gasteiger partial charge in [-0.1, -0.05) is 24.3 Å². The molecule has 3 rings (SSSR count). The normalized spacial score (nSPS) is 16.3. The summed E-state index contributed by atoms with van der Waals surface area (Å²) >= 11 is 0. The van der Waals surface area contributed by atoms with Crippen LogP contribution >= 0.6 is 0 Å². The first kappa shape index (κ1) is 15.2. The Kier molecular flexibility index (Phi) is 4.10. The molecule has 2 aromatic carbocycles. The van der Waals surface area contributed by atoms with Crippen LogP contribution in [0.1, 0.15) is 35.9 Å². The van der Waals surface area contributed by atoms with E-state index in [0.717, 1.165) is 11.3 Å². The number of carbonyl (C=O) groups is 1. The molecule has 0 fully saturated rings. The topological polar surface area (TPSA) is 59.6 Å². The van der Waals surface area contributed by atoms with Gasteiger partial charge in [0.25, 0.3) is 5.91 Å². The maximum absolute atomic E-state index is 12.3. The smallest absolute Gasteiger partial charge is 0.255 e. The van der Waals surface area contributed by atoms with Gasteiger partial charge >= 0.3 is 0 Å². The lowest BCUT2D eigenvalue weighted by atomic mass is 10.0. The third-order valence-corrected chi connectivity index (χ3v) is 3.64. The van der Waals surface area contributed by atoms with Gasteiger partial charge in [-0.3, -0.25) is 4.79 Å². The first-order valence-corrected chi connectivity index (χ1v) is 7.60. The van der Waals surface area contributed by atoms with Crippen LogP contribution in [0.5, 0.6) is 11.5 Å². The van der Waals surface area contributed by atoms with Crippen molar-refractivity contribution in [2.24, 2.45) is 0 Å². The van der Waals surface area contributed by atoms with Crippen molar-refractivity contribution in [1.29, 1.82) is 0 Å². The summed E-state index contributed by atoms with van der Waals surface area (Å²) in [7, 11) is 1.61. The molecule has 0 saturated heterocycles. The second-order valence-corrected chi connectivity index (χ2v) is 5.64. The number of hydrogen-bond donors (Lipinski definition) is 2. The highest BCUT2D eigenvalue weighted by atomic mass is 16.5. The molecule has 0 spiro atoms. The number of fused-ring (bicyclic) bond motifs is 1. The minimum atomic E-state index is -0.374. The predicted molar refractivity (Wildman–Crippen MR) is 89.0 cm³/mol. The molecule has 2 aromatic rings. The molecule has 1 aliphatic rings. The summed E-state index contributed by atoms with van der Waals surface area (Å²) in [6.45, 7) is 3.91. The van der Waals surface area contributed by atoms with E-state index in [1.165, 1.54) is 0 Å². The van der Waals surface area contributed by atoms with E-state index in [1.807, 2.05) is 50.2 Å². The van der Waals surface area contributed by atoms with Gasteiger partial charge in [-0.15, -0.1) is 0 Å². The maximum atomic E-state index is 12.3. The SMILES string of the molecule is COc1cccc(C2NC(=O)c3ccccc3N2)c1OC(C)C. The molecule has 0 radical (unpaired) electrons. The number of hydrogen-bond acceptors (Lipinski definition) is 4. The van der Waals surface area contributed by atoms with Crippen LogP contribution in [-0.4, -0.2) is 19.1 Å². The zero-order valence-corrected chi connectivity index (χ0v) is 13.4. The van der Waals surface area contributed by atoms with Crippen molar-refractivity contribution in [2.45, 2.75) is 26.1 Å². The van der Waals surface area contributed by atoms with Crippen molar-refractivity contribution < 1.29 is 14.3 Å². The molecule has 1 amide bonds. The minimum Gasteiger partial charge on any atom is -0.493 e. The van der Waals surface area contributed by atoms with Crippen LogP contribution < -0.4 is 20.1 Å². The summed E-state index contributed by atoms with van der Waals surface area (Å²) in [5.74, 6) is 1.18. The van der Waals surface area contributed by atoms with Crippen LogP contribution in [-0.2, 0) is 0 Å². The average molecular weight is 312 g/mol. The van der Waals surface area contributed by atoms with Crippen molar-refractivity contribution in [3.8, 4) is 11.5 Å². The first-order chi connectivity index (χ1) is 11.1. The molecule has 1 unspecified atom stereocenters. The van der Waals surface area contributed by atoms with Gasteiger partial charge in [-0.25, -0.2) is 0 Å². The molecule has 0 aromatic heterocycles. The van der Waals surface area contributed by atoms with Crippen LogP contribution in [0, 0.1) is 0 Å². The van der Waals surface area contributed by atoms with E-state index in [9.17, 15) is 4.79 Å². The summed E-state index contributed by atoms with van der Waals surface area (Å²) in [6.07, 6.45) is -0.377. The fraction of sp³-hybridized carbons (Fsp3) is 0.278. The molecular formula is C18H20N2O3. The molecule has 0 aliphatic carbocycles. The molecule has 1 aliphatic heterocycles. The van der Waals surface area contributed by atoms with Gasteiger partial charge in [0.05, 0.1) is 18.8 Å². The second-order valence-electron chi connectivity index (χ2n) is 5.64. The first-order valence-electron chi connectivity index (χ1n) is 7.60. The Morgan fingerprint density at radius 1 is 1.04 bits per heavy atom. The van der Waals surface area contributed by atoms with Crippen molar-refractivity contribution in [3.05, 3.63) is 53.6 Å². The summed E-state index contributed by atoms with van der Waals surface area (Å²) in [4.78, 5) is 12.3. The second kappa shape index (κ2) is 6.20. The zero-order chi connectivity index (χ0) is 16.4. The number of rotatable bonds is 4. The summed E-state index contributed by atoms with van der Waals surface area (Å²) in [6, 6.07) is 13.1. The molecule has 1 atom stereocenters. The Bertz CT molecular complexity index is 728. The highest BCUT2D eigenvalue weighted by Crippen LogP contribution is 2.37. The van der Waals surface area contributed by atoms with Gasteiger partial charge in [-0.05, 0) is 32.0 Å². The summed E-state index contributed by atoms with van der Waals surface area (Å²) in [5, 5.41) is 6.31. The van der Waals surface area contributed by atoms with E-state index in [0.29, 0.717) is 17.1 Å². The predicted octanol–water partition coefficient (Wildman–Crippen LogP) is 3.34. The molecular weight excluding hydrogens is 292 g/mol. The van der Waals surface area contributed by atoms with Crippen LogP contribution in [0.25, 0.3) is 0 Å². The van der Waals surface area contributed by atoms with E-state index >= 15 is 0 Å². The highest BCUT2D eigenvalue weighted by Gasteiger charge is 2.27. The van der Waals surface area contributed by atoms with E-state index in [2.05, 4.69) is 10.6 Å². The van der Waals surface area contributed by atoms with Crippen molar-refractivity contribution >= 4 is 11.6 Å². The summed E-state index contributed by atoms with van der Waals surface area (Å²) in [5.41, 5.74) is 2.28. The Balaban J connectivity index is 2.01. The monoisotopic (exact) mass is 312 g/mol. The molecule has 2 N–H and O–H groups in total. The molecule has 23 heavy (non-hydrogen) atoms. The van der Waals surface area contributed by atoms with Crippen molar-refractivity contribution in [3.63, 3.8) is 0 Å². The van der Waals surface area contributed by atoms with E-state index < -0.39 is 0 Å². The highest BCUT2D eigenvalue weighted by molar-refractivity contribution is 6.01. The third kappa shape index (κ3) is 2.95. The number of nitrogens with one attached hydrogen (secondary N) is 2. The van der Waals surface area contributed by atoms with Gasteiger partial charge in [0.2, 0.25) is 0 Å². The Labute approximate surface area is 135 Å². The molecule has 0 saturated carbocycles. The van der Waals surface area contributed by atoms with E-state index in [1.54, 1.807) is 13.2 Å². The molecule has 120 valence electrons. The third-order valence-electron chi connectivity index (χ3n) is 3.64. The number of methoxy groups -OCH3 is 1. The Morgan fingerprint density at radius 3 is 2.57 bits per heavy atom. The van der Waals surface area contributed by atoms with Gasteiger partial charge in [0.1, 0.15) is 6.17 Å². The number of benzene rings is 2. The molecule has 5 nitrogen and oxygen atoms in total. The molecule has 5 heteroatoms. The lowest BCUT2D eigenvalue weighted by Gasteiger charge is -2.30. The number of para-hydroxylation sites is 2. The van der Waals surface area contributed by atoms with Gasteiger partial charge < -0.3 is 20.1 Å². The van der Waals surface area contributed by atoms with Crippen molar-refractivity contribution in [2.75, 3.05) is 12.4 Å². The van der Waals surface area contributed by atoms with E-state index in [-0.39, 0.29) is 18.2 Å². The maximum Gasteiger partial charge on any atom is 0.255 e. The van der Waals surface area contributed by atoms with E-state index in [4.69, 9.17) is 9.47 Å². The van der Waals surface area contributed by atoms with Crippen molar-refractivity contribution in [1.82, 2.24) is 5.32 Å². The van der Waals surface area contributed by atoms with Gasteiger partial charge in [0, 0.05) is 11.3 Å². The van der Waals surface area contributed by atoms with Crippen LogP contribution in [0.2, 0.25) is 0 Å². The number of ether oxygens (including phenoxy) is 2. The van der Waals surface area contributed by atoms with Crippen LogP contribution in [0.15, 0.2) is 42.5 Å². The Hall–Kier alpha value is -2.69. The zero-order valence-electron chi connectivity index (χ0n) is 13.4. The molecule has 1 heterocycles. The van der Waals surface area contributed by atoms with Gasteiger partial charge in [0.15, 0.2) is 11.5 Å². The average Bonchev–Trinajstić information content (AvgIpc) is 2.54. The number of anilines is 1. The van der Waals surface area contributed by atoms with Crippen LogP contribution in [0.4, 0.5) is 5.69 Å². The lowest BCUT2D eigenvalue weighted by molar-refractivity contribution is 0.0935. The number of carbonyl (C=O) groups excluding carboxylic acids is 1. The molecule has 0 bridgehead atoms.